The second-order valence-corrected chi connectivity index (χ2v) is 6.84. The van der Waals surface area contributed by atoms with Crippen LogP contribution in [0.4, 0.5) is 0 Å². The molecule has 1 saturated heterocycles. The van der Waals surface area contributed by atoms with Crippen LogP contribution in [0.15, 0.2) is 0 Å². The Morgan fingerprint density at radius 3 is 2.18 bits per heavy atom. The van der Waals surface area contributed by atoms with Crippen LogP contribution in [-0.2, 0) is 4.74 Å². The van der Waals surface area contributed by atoms with Crippen molar-refractivity contribution < 1.29 is 4.74 Å². The number of hydrogen-bond donors (Lipinski definition) is 1. The Kier molecular flexibility index (Phi) is 5.42. The van der Waals surface area contributed by atoms with E-state index in [-0.39, 0.29) is 0 Å². The third-order valence-corrected chi connectivity index (χ3v) is 3.25. The van der Waals surface area contributed by atoms with Crippen LogP contribution < -0.4 is 5.73 Å². The lowest BCUT2D eigenvalue weighted by Crippen LogP contribution is -2.48. The van der Waals surface area contributed by atoms with Gasteiger partial charge in [-0.3, -0.25) is 4.90 Å². The molecular formula is C14H30N2O. The smallest absolute Gasteiger partial charge is 0.0678 e. The lowest BCUT2D eigenvalue weighted by atomic mass is 9.84. The zero-order valence-electron chi connectivity index (χ0n) is 12.2. The van der Waals surface area contributed by atoms with Gasteiger partial charge in [-0.25, -0.2) is 0 Å². The van der Waals surface area contributed by atoms with Crippen LogP contribution in [0.5, 0.6) is 0 Å². The van der Waals surface area contributed by atoms with Crippen molar-refractivity contribution in [2.24, 2.45) is 17.1 Å². The van der Waals surface area contributed by atoms with Crippen molar-refractivity contribution in [1.82, 2.24) is 4.90 Å². The molecule has 0 radical (unpaired) electrons. The summed E-state index contributed by atoms with van der Waals surface area (Å²) in [5, 5.41) is 0. The third-order valence-electron chi connectivity index (χ3n) is 3.25. The molecule has 1 rings (SSSR count). The van der Waals surface area contributed by atoms with E-state index in [9.17, 15) is 0 Å². The van der Waals surface area contributed by atoms with Crippen LogP contribution in [0.3, 0.4) is 0 Å². The molecule has 1 aliphatic heterocycles. The molecule has 1 fully saturated rings. The molecule has 3 unspecified atom stereocenters. The third kappa shape index (κ3) is 5.84. The number of rotatable bonds is 4. The lowest BCUT2D eigenvalue weighted by Gasteiger charge is -2.38. The van der Waals surface area contributed by atoms with Crippen LogP contribution >= 0.6 is 0 Å². The van der Waals surface area contributed by atoms with Crippen molar-refractivity contribution in [3.8, 4) is 0 Å². The zero-order valence-corrected chi connectivity index (χ0v) is 12.2. The summed E-state index contributed by atoms with van der Waals surface area (Å²) < 4.78 is 5.76. The Hall–Kier alpha value is -0.120. The average molecular weight is 242 g/mol. The van der Waals surface area contributed by atoms with Gasteiger partial charge in [0, 0.05) is 19.6 Å². The first-order valence-corrected chi connectivity index (χ1v) is 6.88. The van der Waals surface area contributed by atoms with Crippen LogP contribution in [0.2, 0.25) is 0 Å². The van der Waals surface area contributed by atoms with E-state index in [0.717, 1.165) is 26.2 Å². The highest BCUT2D eigenvalue weighted by molar-refractivity contribution is 4.78. The fraction of sp³-hybridized carbons (Fsp3) is 1.00. The van der Waals surface area contributed by atoms with Crippen LogP contribution in [0.25, 0.3) is 0 Å². The van der Waals surface area contributed by atoms with Gasteiger partial charge in [-0.2, -0.15) is 0 Å². The predicted molar refractivity (Wildman–Crippen MR) is 73.1 cm³/mol. The van der Waals surface area contributed by atoms with Crippen molar-refractivity contribution in [1.29, 1.82) is 0 Å². The van der Waals surface area contributed by atoms with Gasteiger partial charge in [0.1, 0.15) is 0 Å². The summed E-state index contributed by atoms with van der Waals surface area (Å²) in [7, 11) is 0. The standard InChI is InChI=1S/C14H30N2O/c1-11-8-16(9-12(2)17-11)10-13(7-15)6-14(3,4)5/h11-13H,6-10,15H2,1-5H3. The van der Waals surface area contributed by atoms with Crippen LogP contribution in [-0.4, -0.2) is 43.3 Å². The maximum atomic E-state index is 5.91. The first-order valence-electron chi connectivity index (χ1n) is 6.88. The van der Waals surface area contributed by atoms with Crippen LogP contribution in [0, 0.1) is 11.3 Å². The van der Waals surface area contributed by atoms with E-state index in [4.69, 9.17) is 10.5 Å². The molecule has 1 heterocycles. The van der Waals surface area contributed by atoms with Gasteiger partial charge in [0.25, 0.3) is 0 Å². The molecule has 0 aliphatic carbocycles. The molecule has 0 aromatic rings. The maximum Gasteiger partial charge on any atom is 0.0678 e. The number of nitrogens with zero attached hydrogens (tertiary/aromatic N) is 1. The molecule has 0 spiro atoms. The Morgan fingerprint density at radius 2 is 1.76 bits per heavy atom. The van der Waals surface area contributed by atoms with E-state index in [1.807, 2.05) is 0 Å². The Morgan fingerprint density at radius 1 is 1.24 bits per heavy atom. The normalized spacial score (nSPS) is 29.3. The molecule has 2 N–H and O–H groups in total. The molecule has 0 bridgehead atoms. The summed E-state index contributed by atoms with van der Waals surface area (Å²) in [5.74, 6) is 0.604. The molecule has 0 saturated carbocycles. The zero-order chi connectivity index (χ0) is 13.1. The van der Waals surface area contributed by atoms with E-state index in [1.54, 1.807) is 0 Å². The van der Waals surface area contributed by atoms with Crippen molar-refractivity contribution in [2.75, 3.05) is 26.2 Å². The maximum absolute atomic E-state index is 5.91. The predicted octanol–water partition coefficient (Wildman–Crippen LogP) is 2.11. The minimum absolute atomic E-state index is 0.354. The first kappa shape index (κ1) is 14.9. The quantitative estimate of drug-likeness (QED) is 0.820. The van der Waals surface area contributed by atoms with Crippen molar-refractivity contribution >= 4 is 0 Å². The molecular weight excluding hydrogens is 212 g/mol. The summed E-state index contributed by atoms with van der Waals surface area (Å²) in [6, 6.07) is 0. The highest BCUT2D eigenvalue weighted by atomic mass is 16.5. The van der Waals surface area contributed by atoms with E-state index in [1.165, 1.54) is 6.42 Å². The van der Waals surface area contributed by atoms with Crippen molar-refractivity contribution in [3.05, 3.63) is 0 Å². The molecule has 102 valence electrons. The van der Waals surface area contributed by atoms with Gasteiger partial charge in [0.2, 0.25) is 0 Å². The Balaban J connectivity index is 2.44. The van der Waals surface area contributed by atoms with E-state index in [0.29, 0.717) is 23.5 Å². The van der Waals surface area contributed by atoms with Crippen LogP contribution in [0.1, 0.15) is 41.0 Å². The minimum atomic E-state index is 0.354. The minimum Gasteiger partial charge on any atom is -0.373 e. The van der Waals surface area contributed by atoms with Crippen molar-refractivity contribution in [2.45, 2.75) is 53.2 Å². The fourth-order valence-electron chi connectivity index (χ4n) is 2.89. The summed E-state index contributed by atoms with van der Waals surface area (Å²) in [6.45, 7) is 15.2. The molecule has 3 heteroatoms. The van der Waals surface area contributed by atoms with E-state index < -0.39 is 0 Å². The number of nitrogens with two attached hydrogens (primary N) is 1. The largest absolute Gasteiger partial charge is 0.373 e. The van der Waals surface area contributed by atoms with Gasteiger partial charge in [-0.1, -0.05) is 20.8 Å². The highest BCUT2D eigenvalue weighted by Crippen LogP contribution is 2.25. The second kappa shape index (κ2) is 6.17. The van der Waals surface area contributed by atoms with Gasteiger partial charge < -0.3 is 10.5 Å². The Bertz CT molecular complexity index is 215. The number of morpholine rings is 1. The number of hydrogen-bond acceptors (Lipinski definition) is 3. The van der Waals surface area contributed by atoms with E-state index in [2.05, 4.69) is 39.5 Å². The molecule has 0 aromatic carbocycles. The Labute approximate surface area is 107 Å². The summed E-state index contributed by atoms with van der Waals surface area (Å²) in [6.07, 6.45) is 1.91. The summed E-state index contributed by atoms with van der Waals surface area (Å²) in [4.78, 5) is 2.52. The topological polar surface area (TPSA) is 38.5 Å². The van der Waals surface area contributed by atoms with E-state index >= 15 is 0 Å². The average Bonchev–Trinajstić information content (AvgIpc) is 2.12. The van der Waals surface area contributed by atoms with Gasteiger partial charge in [-0.15, -0.1) is 0 Å². The summed E-state index contributed by atoms with van der Waals surface area (Å²) >= 11 is 0. The van der Waals surface area contributed by atoms with Gasteiger partial charge in [0.15, 0.2) is 0 Å². The molecule has 17 heavy (non-hydrogen) atoms. The SMILES string of the molecule is CC1CN(CC(CN)CC(C)(C)C)CC(C)O1. The van der Waals surface area contributed by atoms with Gasteiger partial charge >= 0.3 is 0 Å². The monoisotopic (exact) mass is 242 g/mol. The molecule has 0 amide bonds. The van der Waals surface area contributed by atoms with Crippen molar-refractivity contribution in [3.63, 3.8) is 0 Å². The van der Waals surface area contributed by atoms with Gasteiger partial charge in [-0.05, 0) is 38.1 Å². The summed E-state index contributed by atoms with van der Waals surface area (Å²) in [5.41, 5.74) is 6.28. The van der Waals surface area contributed by atoms with Gasteiger partial charge in [0.05, 0.1) is 12.2 Å². The fourth-order valence-corrected chi connectivity index (χ4v) is 2.89. The lowest BCUT2D eigenvalue weighted by molar-refractivity contribution is -0.0721. The molecule has 0 aromatic heterocycles. The molecule has 1 aliphatic rings. The number of ether oxygens (including phenoxy) is 1. The second-order valence-electron chi connectivity index (χ2n) is 6.84. The first-order chi connectivity index (χ1) is 7.80. The highest BCUT2D eigenvalue weighted by Gasteiger charge is 2.25. The molecule has 3 atom stereocenters. The molecule has 3 nitrogen and oxygen atoms in total.